The Balaban J connectivity index is -0.000000340. The van der Waals surface area contributed by atoms with Gasteiger partial charge in [-0.3, -0.25) is 0 Å². The van der Waals surface area contributed by atoms with Gasteiger partial charge in [0, 0.05) is 0 Å². The molecule has 0 saturated heterocycles. The van der Waals surface area contributed by atoms with E-state index in [1.807, 2.05) is 0 Å². The van der Waals surface area contributed by atoms with Crippen molar-refractivity contribution >= 4 is 6.16 Å². The summed E-state index contributed by atoms with van der Waals surface area (Å²) in [6, 6.07) is 0. The third kappa shape index (κ3) is 31.3. The second-order valence-corrected chi connectivity index (χ2v) is 4.14. The monoisotopic (exact) mass is 238 g/mol. The Labute approximate surface area is 118 Å². The molecule has 0 aliphatic rings. The summed E-state index contributed by atoms with van der Waals surface area (Å²) in [7, 11) is 0. The maximum Gasteiger partial charge on any atom is 1.00 e. The fourth-order valence-corrected chi connectivity index (χ4v) is 1.50. The van der Waals surface area contributed by atoms with Gasteiger partial charge in [0.05, 0.1) is 0 Å². The van der Waals surface area contributed by atoms with Gasteiger partial charge in [-0.1, -0.05) is 65.2 Å². The van der Waals surface area contributed by atoms with E-state index in [1.165, 1.54) is 51.4 Å². The molecule has 1 atom stereocenters. The van der Waals surface area contributed by atoms with E-state index in [2.05, 4.69) is 20.8 Å². The van der Waals surface area contributed by atoms with Crippen LogP contribution in [0.1, 0.15) is 65.2 Å². The van der Waals surface area contributed by atoms with Crippen LogP contribution in [0.5, 0.6) is 0 Å². The van der Waals surface area contributed by atoms with Crippen LogP contribution in [0.2, 0.25) is 0 Å². The van der Waals surface area contributed by atoms with Gasteiger partial charge >= 0.3 is 25.0 Å². The van der Waals surface area contributed by atoms with Crippen molar-refractivity contribution in [2.45, 2.75) is 65.2 Å². The average Bonchev–Trinajstić information content (AvgIpc) is 2.20. The SMILES string of the molecule is O=C(O)O.[CH2-]C(CCCC)CCCCCC.[Li+]. The minimum Gasteiger partial charge on any atom is -0.450 e. The van der Waals surface area contributed by atoms with Gasteiger partial charge in [0.1, 0.15) is 0 Å². The maximum atomic E-state index is 8.56. The van der Waals surface area contributed by atoms with Gasteiger partial charge in [0.25, 0.3) is 0 Å². The normalized spacial score (nSPS) is 10.8. The topological polar surface area (TPSA) is 57.5 Å². The van der Waals surface area contributed by atoms with Crippen LogP contribution in [0.15, 0.2) is 0 Å². The molecule has 98 valence electrons. The third-order valence-corrected chi connectivity index (χ3v) is 2.43. The zero-order valence-electron chi connectivity index (χ0n) is 11.7. The van der Waals surface area contributed by atoms with Crippen LogP contribution in [0.4, 0.5) is 4.79 Å². The molecule has 0 amide bonds. The quantitative estimate of drug-likeness (QED) is 0.385. The van der Waals surface area contributed by atoms with Crippen LogP contribution in [0, 0.1) is 12.8 Å². The molecule has 2 N–H and O–H groups in total. The molecule has 0 spiro atoms. The summed E-state index contributed by atoms with van der Waals surface area (Å²) in [6.07, 6.45) is 9.09. The summed E-state index contributed by atoms with van der Waals surface area (Å²) in [6.45, 7) is 8.69. The summed E-state index contributed by atoms with van der Waals surface area (Å²) in [5.74, 6) is 0.724. The molecule has 0 radical (unpaired) electrons. The van der Waals surface area contributed by atoms with Gasteiger partial charge in [-0.15, -0.1) is 0 Å². The first-order valence-electron chi connectivity index (χ1n) is 6.29. The van der Waals surface area contributed by atoms with Crippen molar-refractivity contribution in [3.63, 3.8) is 0 Å². The molecule has 0 aliphatic heterocycles. The second-order valence-electron chi connectivity index (χ2n) is 4.14. The average molecular weight is 238 g/mol. The van der Waals surface area contributed by atoms with E-state index in [1.54, 1.807) is 0 Å². The molecule has 0 aromatic carbocycles. The fraction of sp³-hybridized carbons (Fsp3) is 0.846. The van der Waals surface area contributed by atoms with E-state index >= 15 is 0 Å². The van der Waals surface area contributed by atoms with Crippen LogP contribution >= 0.6 is 0 Å². The molecule has 0 saturated carbocycles. The van der Waals surface area contributed by atoms with E-state index in [0.717, 1.165) is 5.92 Å². The Morgan fingerprint density at radius 3 is 1.82 bits per heavy atom. The summed E-state index contributed by atoms with van der Waals surface area (Å²) >= 11 is 0. The van der Waals surface area contributed by atoms with Crippen LogP contribution in [0.25, 0.3) is 0 Å². The van der Waals surface area contributed by atoms with Crippen molar-refractivity contribution < 1.29 is 33.9 Å². The molecule has 0 heterocycles. The zero-order chi connectivity index (χ0) is 12.8. The molecule has 0 aromatic heterocycles. The first-order chi connectivity index (χ1) is 7.54. The van der Waals surface area contributed by atoms with E-state index in [0.29, 0.717) is 0 Å². The molecule has 0 aromatic rings. The first kappa shape index (κ1) is 22.1. The number of hydrogen-bond donors (Lipinski definition) is 2. The van der Waals surface area contributed by atoms with Crippen molar-refractivity contribution in [2.75, 3.05) is 0 Å². The summed E-state index contributed by atoms with van der Waals surface area (Å²) in [5, 5.41) is 13.9. The molecule has 0 bridgehead atoms. The Kier molecular flexibility index (Phi) is 23.7. The molecular weight excluding hydrogens is 211 g/mol. The van der Waals surface area contributed by atoms with Crippen LogP contribution in [0.3, 0.4) is 0 Å². The molecular formula is C13H27LiO3. The first-order valence-corrected chi connectivity index (χ1v) is 6.29. The van der Waals surface area contributed by atoms with E-state index in [9.17, 15) is 0 Å². The molecule has 3 nitrogen and oxygen atoms in total. The molecule has 0 aliphatic carbocycles. The van der Waals surface area contributed by atoms with E-state index in [4.69, 9.17) is 15.0 Å². The van der Waals surface area contributed by atoms with Crippen molar-refractivity contribution in [2.24, 2.45) is 5.92 Å². The Hall–Kier alpha value is -0.133. The maximum absolute atomic E-state index is 8.56. The van der Waals surface area contributed by atoms with Crippen molar-refractivity contribution in [1.82, 2.24) is 0 Å². The minimum atomic E-state index is -1.83. The fourth-order valence-electron chi connectivity index (χ4n) is 1.50. The predicted molar refractivity (Wildman–Crippen MR) is 67.8 cm³/mol. The summed E-state index contributed by atoms with van der Waals surface area (Å²) in [4.78, 5) is 8.56. The van der Waals surface area contributed by atoms with Crippen molar-refractivity contribution in [1.29, 1.82) is 0 Å². The van der Waals surface area contributed by atoms with E-state index < -0.39 is 6.16 Å². The standard InChI is InChI=1S/C12H25.CH2O3.Li/c1-4-6-8-9-11-12(3)10-7-5-2;2-1(3)4;/h12H,3-11H2,1-2H3;(H2,2,3,4);/q-1;;+1. The van der Waals surface area contributed by atoms with E-state index in [-0.39, 0.29) is 18.9 Å². The summed E-state index contributed by atoms with van der Waals surface area (Å²) in [5.41, 5.74) is 0. The number of carboxylic acid groups (broad SMARTS) is 2. The Morgan fingerprint density at radius 1 is 1.00 bits per heavy atom. The van der Waals surface area contributed by atoms with Crippen LogP contribution in [-0.2, 0) is 0 Å². The number of unbranched alkanes of at least 4 members (excludes halogenated alkanes) is 4. The zero-order valence-corrected chi connectivity index (χ0v) is 11.7. The predicted octanol–water partition coefficient (Wildman–Crippen LogP) is 1.82. The minimum absolute atomic E-state index is 0. The molecule has 17 heavy (non-hydrogen) atoms. The van der Waals surface area contributed by atoms with Crippen LogP contribution in [-0.4, -0.2) is 16.4 Å². The second kappa shape index (κ2) is 18.2. The molecule has 1 unspecified atom stereocenters. The third-order valence-electron chi connectivity index (χ3n) is 2.43. The van der Waals surface area contributed by atoms with Gasteiger partial charge in [-0.05, 0) is 0 Å². The van der Waals surface area contributed by atoms with Gasteiger partial charge in [0.15, 0.2) is 0 Å². The Bertz CT molecular complexity index is 148. The number of rotatable bonds is 8. The number of carbonyl (C=O) groups is 1. The molecule has 0 rings (SSSR count). The van der Waals surface area contributed by atoms with Crippen molar-refractivity contribution in [3.8, 4) is 0 Å². The van der Waals surface area contributed by atoms with Gasteiger partial charge < -0.3 is 17.1 Å². The van der Waals surface area contributed by atoms with Gasteiger partial charge in [-0.2, -0.15) is 5.92 Å². The smallest absolute Gasteiger partial charge is 0.450 e. The van der Waals surface area contributed by atoms with Crippen molar-refractivity contribution in [3.05, 3.63) is 6.92 Å². The molecule has 4 heteroatoms. The molecule has 0 fully saturated rings. The largest absolute Gasteiger partial charge is 1.00 e. The Morgan fingerprint density at radius 2 is 1.41 bits per heavy atom. The number of hydrogen-bond acceptors (Lipinski definition) is 1. The summed E-state index contributed by atoms with van der Waals surface area (Å²) < 4.78 is 0. The van der Waals surface area contributed by atoms with Crippen LogP contribution < -0.4 is 18.9 Å². The van der Waals surface area contributed by atoms with Gasteiger partial charge in [0.2, 0.25) is 0 Å². The van der Waals surface area contributed by atoms with Gasteiger partial charge in [-0.25, -0.2) is 4.79 Å².